The third-order valence-electron chi connectivity index (χ3n) is 2.12. The Hall–Kier alpha value is -1.09. The van der Waals surface area contributed by atoms with E-state index in [1.807, 2.05) is 6.92 Å². The maximum atomic E-state index is 11.4. The summed E-state index contributed by atoms with van der Waals surface area (Å²) < 4.78 is 5.47. The molecule has 0 spiro atoms. The molecule has 0 heterocycles. The largest absolute Gasteiger partial charge is 0.465 e. The Bertz CT molecular complexity index is 435. The van der Waals surface area contributed by atoms with Gasteiger partial charge in [0.15, 0.2) is 0 Å². The van der Waals surface area contributed by atoms with Crippen LogP contribution in [0, 0.1) is 14.9 Å². The Labute approximate surface area is 102 Å². The zero-order chi connectivity index (χ0) is 11.4. The standard InChI is InChI=1S/C11H10INO2/c1-3-8-7(6-13)4-5-9(10(8)12)11(14)15-2/h4-5H,3H2,1-2H3. The van der Waals surface area contributed by atoms with Gasteiger partial charge in [0.25, 0.3) is 0 Å². The molecule has 0 saturated carbocycles. The lowest BCUT2D eigenvalue weighted by atomic mass is 10.0. The minimum absolute atomic E-state index is 0.362. The fourth-order valence-electron chi connectivity index (χ4n) is 1.34. The van der Waals surface area contributed by atoms with Crippen LogP contribution >= 0.6 is 22.6 Å². The first kappa shape index (κ1) is 12.0. The first-order valence-corrected chi connectivity index (χ1v) is 5.53. The van der Waals surface area contributed by atoms with Gasteiger partial charge >= 0.3 is 5.97 Å². The van der Waals surface area contributed by atoms with Crippen LogP contribution in [0.15, 0.2) is 12.1 Å². The van der Waals surface area contributed by atoms with Crippen molar-refractivity contribution in [1.29, 1.82) is 5.26 Å². The van der Waals surface area contributed by atoms with Gasteiger partial charge in [0.05, 0.1) is 24.3 Å². The highest BCUT2D eigenvalue weighted by Gasteiger charge is 2.15. The minimum Gasteiger partial charge on any atom is -0.465 e. The smallest absolute Gasteiger partial charge is 0.338 e. The number of methoxy groups -OCH3 is 1. The number of halogens is 1. The number of nitrogens with zero attached hydrogens (tertiary/aromatic N) is 1. The predicted octanol–water partition coefficient (Wildman–Crippen LogP) is 2.51. The summed E-state index contributed by atoms with van der Waals surface area (Å²) in [6.07, 6.45) is 0.728. The molecule has 0 atom stereocenters. The van der Waals surface area contributed by atoms with Crippen molar-refractivity contribution in [2.45, 2.75) is 13.3 Å². The van der Waals surface area contributed by atoms with E-state index in [2.05, 4.69) is 33.4 Å². The van der Waals surface area contributed by atoms with Gasteiger partial charge in [-0.05, 0) is 46.7 Å². The highest BCUT2D eigenvalue weighted by atomic mass is 127. The molecule has 1 aromatic rings. The number of rotatable bonds is 2. The monoisotopic (exact) mass is 315 g/mol. The van der Waals surface area contributed by atoms with Gasteiger partial charge in [-0.2, -0.15) is 5.26 Å². The second-order valence-corrected chi connectivity index (χ2v) is 3.99. The maximum absolute atomic E-state index is 11.4. The molecule has 0 amide bonds. The summed E-state index contributed by atoms with van der Waals surface area (Å²) in [7, 11) is 1.35. The second kappa shape index (κ2) is 5.12. The SMILES string of the molecule is CCc1c(C#N)ccc(C(=O)OC)c1I. The van der Waals surface area contributed by atoms with Crippen LogP contribution in [0.1, 0.15) is 28.4 Å². The molecule has 0 unspecified atom stereocenters. The molecule has 0 aliphatic heterocycles. The van der Waals surface area contributed by atoms with Crippen LogP contribution in [0.25, 0.3) is 0 Å². The van der Waals surface area contributed by atoms with Crippen LogP contribution in [0.4, 0.5) is 0 Å². The van der Waals surface area contributed by atoms with E-state index in [9.17, 15) is 4.79 Å². The van der Waals surface area contributed by atoms with E-state index in [1.165, 1.54) is 7.11 Å². The van der Waals surface area contributed by atoms with Gasteiger partial charge in [-0.25, -0.2) is 4.79 Å². The normalized spacial score (nSPS) is 9.47. The fraction of sp³-hybridized carbons (Fsp3) is 0.273. The lowest BCUT2D eigenvalue weighted by Gasteiger charge is -2.08. The number of carbonyl (C=O) groups is 1. The van der Waals surface area contributed by atoms with E-state index in [0.717, 1.165) is 15.6 Å². The van der Waals surface area contributed by atoms with Gasteiger partial charge in [-0.3, -0.25) is 0 Å². The van der Waals surface area contributed by atoms with Crippen molar-refractivity contribution in [3.8, 4) is 6.07 Å². The van der Waals surface area contributed by atoms with Crippen molar-refractivity contribution >= 4 is 28.6 Å². The van der Waals surface area contributed by atoms with Crippen LogP contribution in [0.3, 0.4) is 0 Å². The number of hydrogen-bond donors (Lipinski definition) is 0. The van der Waals surface area contributed by atoms with Crippen LogP contribution < -0.4 is 0 Å². The zero-order valence-electron chi connectivity index (χ0n) is 8.50. The lowest BCUT2D eigenvalue weighted by molar-refractivity contribution is 0.0599. The van der Waals surface area contributed by atoms with E-state index in [-0.39, 0.29) is 5.97 Å². The van der Waals surface area contributed by atoms with Crippen molar-refractivity contribution in [2.75, 3.05) is 7.11 Å². The first-order chi connectivity index (χ1) is 7.15. The molecule has 4 heteroatoms. The quantitative estimate of drug-likeness (QED) is 0.622. The number of ether oxygens (including phenoxy) is 1. The topological polar surface area (TPSA) is 50.1 Å². The zero-order valence-corrected chi connectivity index (χ0v) is 10.7. The maximum Gasteiger partial charge on any atom is 0.338 e. The molecule has 1 aromatic carbocycles. The number of benzene rings is 1. The molecule has 0 aliphatic carbocycles. The third-order valence-corrected chi connectivity index (χ3v) is 3.35. The molecule has 78 valence electrons. The van der Waals surface area contributed by atoms with Gasteiger partial charge in [0, 0.05) is 3.57 Å². The van der Waals surface area contributed by atoms with Crippen molar-refractivity contribution in [1.82, 2.24) is 0 Å². The highest BCUT2D eigenvalue weighted by molar-refractivity contribution is 14.1. The van der Waals surface area contributed by atoms with Gasteiger partial charge in [-0.1, -0.05) is 6.92 Å². The average molecular weight is 315 g/mol. The summed E-state index contributed by atoms with van der Waals surface area (Å²) in [4.78, 5) is 11.4. The van der Waals surface area contributed by atoms with Crippen molar-refractivity contribution in [3.05, 3.63) is 32.4 Å². The molecule has 15 heavy (non-hydrogen) atoms. The molecule has 3 nitrogen and oxygen atoms in total. The predicted molar refractivity (Wildman–Crippen MR) is 64.6 cm³/mol. The Balaban J connectivity index is 3.37. The summed E-state index contributed by atoms with van der Waals surface area (Å²) in [5, 5.41) is 8.89. The van der Waals surface area contributed by atoms with Gasteiger partial charge in [0.2, 0.25) is 0 Å². The second-order valence-electron chi connectivity index (χ2n) is 2.91. The number of hydrogen-bond acceptors (Lipinski definition) is 3. The minimum atomic E-state index is -0.362. The van der Waals surface area contributed by atoms with Crippen LogP contribution in [-0.4, -0.2) is 13.1 Å². The number of nitriles is 1. The number of esters is 1. The molecular formula is C11H10INO2. The van der Waals surface area contributed by atoms with E-state index in [1.54, 1.807) is 12.1 Å². The van der Waals surface area contributed by atoms with Crippen molar-refractivity contribution in [3.63, 3.8) is 0 Å². The Morgan fingerprint density at radius 2 is 2.27 bits per heavy atom. The summed E-state index contributed by atoms with van der Waals surface area (Å²) in [5.41, 5.74) is 2.05. The Morgan fingerprint density at radius 1 is 1.60 bits per heavy atom. The molecule has 1 rings (SSSR count). The van der Waals surface area contributed by atoms with E-state index < -0.39 is 0 Å². The molecule has 0 radical (unpaired) electrons. The fourth-order valence-corrected chi connectivity index (χ4v) is 2.41. The third kappa shape index (κ3) is 2.29. The van der Waals surface area contributed by atoms with Gasteiger partial charge in [0.1, 0.15) is 0 Å². The molecule has 0 bridgehead atoms. The molecule has 0 aliphatic rings. The van der Waals surface area contributed by atoms with Crippen molar-refractivity contribution < 1.29 is 9.53 Å². The molecule has 0 fully saturated rings. The molecular weight excluding hydrogens is 305 g/mol. The average Bonchev–Trinajstić information content (AvgIpc) is 2.27. The van der Waals surface area contributed by atoms with Crippen molar-refractivity contribution in [2.24, 2.45) is 0 Å². The van der Waals surface area contributed by atoms with Crippen LogP contribution in [0.5, 0.6) is 0 Å². The summed E-state index contributed by atoms with van der Waals surface area (Å²) >= 11 is 2.08. The van der Waals surface area contributed by atoms with Crippen LogP contribution in [0.2, 0.25) is 0 Å². The first-order valence-electron chi connectivity index (χ1n) is 4.45. The molecule has 0 saturated heterocycles. The van der Waals surface area contributed by atoms with E-state index >= 15 is 0 Å². The van der Waals surface area contributed by atoms with E-state index in [0.29, 0.717) is 11.1 Å². The van der Waals surface area contributed by atoms with Gasteiger partial charge in [-0.15, -0.1) is 0 Å². The molecule has 0 N–H and O–H groups in total. The Morgan fingerprint density at radius 3 is 2.73 bits per heavy atom. The summed E-state index contributed by atoms with van der Waals surface area (Å²) in [6, 6.07) is 5.40. The molecule has 0 aromatic heterocycles. The van der Waals surface area contributed by atoms with Crippen LogP contribution in [-0.2, 0) is 11.2 Å². The Kier molecular flexibility index (Phi) is 4.09. The number of carbonyl (C=O) groups excluding carboxylic acids is 1. The lowest BCUT2D eigenvalue weighted by Crippen LogP contribution is -2.07. The van der Waals surface area contributed by atoms with E-state index in [4.69, 9.17) is 5.26 Å². The highest BCUT2D eigenvalue weighted by Crippen LogP contribution is 2.22. The summed E-state index contributed by atoms with van der Waals surface area (Å²) in [6.45, 7) is 1.96. The van der Waals surface area contributed by atoms with Gasteiger partial charge < -0.3 is 4.74 Å². The summed E-state index contributed by atoms with van der Waals surface area (Å²) in [5.74, 6) is -0.362.